The summed E-state index contributed by atoms with van der Waals surface area (Å²) in [6, 6.07) is 0. The Morgan fingerprint density at radius 3 is 2.00 bits per heavy atom. The van der Waals surface area contributed by atoms with Gasteiger partial charge in [0, 0.05) is 0 Å². The van der Waals surface area contributed by atoms with Crippen LogP contribution in [0.4, 0.5) is 0 Å². The summed E-state index contributed by atoms with van der Waals surface area (Å²) >= 11 is 0. The van der Waals surface area contributed by atoms with E-state index in [2.05, 4.69) is 18.9 Å². The minimum atomic E-state index is -3.67. The van der Waals surface area contributed by atoms with Gasteiger partial charge in [0.25, 0.3) is 10.1 Å². The first-order chi connectivity index (χ1) is 6.33. The van der Waals surface area contributed by atoms with Gasteiger partial charge in [0.05, 0.1) is 6.26 Å². The Kier molecular flexibility index (Phi) is 6.31. The zero-order valence-electron chi connectivity index (χ0n) is 9.23. The number of nitrogens with zero attached hydrogens (tertiary/aromatic N) is 1. The van der Waals surface area contributed by atoms with Crippen molar-refractivity contribution in [3.63, 3.8) is 0 Å². The van der Waals surface area contributed by atoms with Crippen molar-refractivity contribution < 1.29 is 13.0 Å². The van der Waals surface area contributed by atoms with E-state index in [1.54, 1.807) is 0 Å². The van der Waals surface area contributed by atoms with Gasteiger partial charge >= 0.3 is 0 Å². The van der Waals surface area contributed by atoms with Crippen LogP contribution < -0.4 is 0 Å². The van der Waals surface area contributed by atoms with Crippen LogP contribution in [0.1, 0.15) is 26.2 Å². The number of likely N-dealkylation sites (tertiary alicyclic amines) is 1. The summed E-state index contributed by atoms with van der Waals surface area (Å²) in [5.41, 5.74) is 0. The van der Waals surface area contributed by atoms with E-state index in [1.807, 2.05) is 0 Å². The molecule has 1 heterocycles. The molecule has 1 N–H and O–H groups in total. The largest absolute Gasteiger partial charge is 0.306 e. The number of hydrogen-bond acceptors (Lipinski definition) is 3. The van der Waals surface area contributed by atoms with E-state index in [9.17, 15) is 8.42 Å². The van der Waals surface area contributed by atoms with Crippen LogP contribution in [-0.4, -0.2) is 44.3 Å². The van der Waals surface area contributed by atoms with Crippen LogP contribution in [0.25, 0.3) is 0 Å². The lowest BCUT2D eigenvalue weighted by Gasteiger charge is -2.27. The SMILES string of the molecule is CCC1CCN(C)CC1.CS(=O)(=O)O. The van der Waals surface area contributed by atoms with Crippen molar-refractivity contribution in [2.75, 3.05) is 26.4 Å². The van der Waals surface area contributed by atoms with Crippen molar-refractivity contribution in [2.24, 2.45) is 5.92 Å². The number of piperidine rings is 1. The number of rotatable bonds is 1. The van der Waals surface area contributed by atoms with E-state index in [-0.39, 0.29) is 0 Å². The van der Waals surface area contributed by atoms with Crippen molar-refractivity contribution in [1.82, 2.24) is 4.90 Å². The average Bonchev–Trinajstić information content (AvgIpc) is 2.03. The fraction of sp³-hybridized carbons (Fsp3) is 1.00. The average molecular weight is 223 g/mol. The minimum Gasteiger partial charge on any atom is -0.306 e. The highest BCUT2D eigenvalue weighted by molar-refractivity contribution is 7.85. The lowest BCUT2D eigenvalue weighted by atomic mass is 9.95. The molecule has 14 heavy (non-hydrogen) atoms. The maximum atomic E-state index is 9.19. The fourth-order valence-corrected chi connectivity index (χ4v) is 1.47. The fourth-order valence-electron chi connectivity index (χ4n) is 1.47. The molecule has 0 spiro atoms. The first-order valence-electron chi connectivity index (χ1n) is 4.94. The predicted octanol–water partition coefficient (Wildman–Crippen LogP) is 1.24. The summed E-state index contributed by atoms with van der Waals surface area (Å²) in [5, 5.41) is 0. The van der Waals surface area contributed by atoms with E-state index < -0.39 is 10.1 Å². The Hall–Kier alpha value is -0.130. The molecule has 1 aliphatic rings. The van der Waals surface area contributed by atoms with Gasteiger partial charge in [-0.2, -0.15) is 8.42 Å². The molecule has 0 aliphatic carbocycles. The van der Waals surface area contributed by atoms with Gasteiger partial charge in [0.2, 0.25) is 0 Å². The standard InChI is InChI=1S/C8H17N.CH4O3S/c1-3-8-4-6-9(2)7-5-8;1-5(2,3)4/h8H,3-7H2,1-2H3;1H3,(H,2,3,4). The lowest BCUT2D eigenvalue weighted by Crippen LogP contribution is -2.29. The van der Waals surface area contributed by atoms with E-state index >= 15 is 0 Å². The normalized spacial score (nSPS) is 20.0. The van der Waals surface area contributed by atoms with Crippen molar-refractivity contribution >= 4 is 10.1 Å². The van der Waals surface area contributed by atoms with E-state index in [4.69, 9.17) is 4.55 Å². The summed E-state index contributed by atoms with van der Waals surface area (Å²) in [5.74, 6) is 1.03. The summed E-state index contributed by atoms with van der Waals surface area (Å²) in [4.78, 5) is 2.42. The smallest absolute Gasteiger partial charge is 0.261 e. The number of hydrogen-bond donors (Lipinski definition) is 1. The summed E-state index contributed by atoms with van der Waals surface area (Å²) in [7, 11) is -1.45. The molecule has 0 saturated carbocycles. The van der Waals surface area contributed by atoms with Gasteiger partial charge in [-0.05, 0) is 38.9 Å². The van der Waals surface area contributed by atoms with Gasteiger partial charge in [-0.3, -0.25) is 4.55 Å². The third-order valence-corrected chi connectivity index (χ3v) is 2.42. The van der Waals surface area contributed by atoms with Crippen LogP contribution in [0.15, 0.2) is 0 Å². The lowest BCUT2D eigenvalue weighted by molar-refractivity contribution is 0.216. The van der Waals surface area contributed by atoms with Gasteiger partial charge in [-0.1, -0.05) is 13.3 Å². The molecule has 0 atom stereocenters. The zero-order chi connectivity index (χ0) is 11.2. The second kappa shape index (κ2) is 6.37. The van der Waals surface area contributed by atoms with Crippen LogP contribution in [0, 0.1) is 5.92 Å². The van der Waals surface area contributed by atoms with Crippen LogP contribution >= 0.6 is 0 Å². The van der Waals surface area contributed by atoms with Crippen molar-refractivity contribution in [3.05, 3.63) is 0 Å². The molecular weight excluding hydrogens is 202 g/mol. The summed E-state index contributed by atoms with van der Waals surface area (Å²) in [6.07, 6.45) is 4.95. The first-order valence-corrected chi connectivity index (χ1v) is 6.78. The van der Waals surface area contributed by atoms with Crippen LogP contribution in [0.2, 0.25) is 0 Å². The highest BCUT2D eigenvalue weighted by atomic mass is 32.2. The molecule has 1 rings (SSSR count). The van der Waals surface area contributed by atoms with E-state index in [1.165, 1.54) is 32.4 Å². The van der Waals surface area contributed by atoms with Gasteiger partial charge in [0.1, 0.15) is 0 Å². The molecular formula is C9H21NO3S. The van der Waals surface area contributed by atoms with E-state index in [0.717, 1.165) is 5.92 Å². The summed E-state index contributed by atoms with van der Waals surface area (Å²) in [6.45, 7) is 4.94. The Bertz CT molecular complexity index is 222. The quantitative estimate of drug-likeness (QED) is 0.680. The molecule has 1 saturated heterocycles. The third kappa shape index (κ3) is 9.95. The van der Waals surface area contributed by atoms with Gasteiger partial charge in [-0.15, -0.1) is 0 Å². The highest BCUT2D eigenvalue weighted by Gasteiger charge is 2.13. The molecule has 0 aromatic carbocycles. The topological polar surface area (TPSA) is 57.6 Å². The molecule has 0 amide bonds. The third-order valence-electron chi connectivity index (χ3n) is 2.42. The second-order valence-electron chi connectivity index (χ2n) is 3.89. The predicted molar refractivity (Wildman–Crippen MR) is 58.0 cm³/mol. The molecule has 4 nitrogen and oxygen atoms in total. The highest BCUT2D eigenvalue weighted by Crippen LogP contribution is 2.18. The van der Waals surface area contributed by atoms with Gasteiger partial charge in [-0.25, -0.2) is 0 Å². The maximum absolute atomic E-state index is 9.19. The Labute approximate surface area is 87.0 Å². The van der Waals surface area contributed by atoms with Crippen molar-refractivity contribution in [1.29, 1.82) is 0 Å². The molecule has 0 unspecified atom stereocenters. The zero-order valence-corrected chi connectivity index (χ0v) is 10.0. The van der Waals surface area contributed by atoms with Crippen LogP contribution in [-0.2, 0) is 10.1 Å². The molecule has 1 fully saturated rings. The van der Waals surface area contributed by atoms with Crippen LogP contribution in [0.5, 0.6) is 0 Å². The van der Waals surface area contributed by atoms with Crippen molar-refractivity contribution in [2.45, 2.75) is 26.2 Å². The van der Waals surface area contributed by atoms with E-state index in [0.29, 0.717) is 6.26 Å². The molecule has 86 valence electrons. The Balaban J connectivity index is 0.000000292. The Morgan fingerprint density at radius 1 is 1.36 bits per heavy atom. The van der Waals surface area contributed by atoms with Gasteiger partial charge in [0.15, 0.2) is 0 Å². The molecule has 0 radical (unpaired) electrons. The molecule has 1 aliphatic heterocycles. The maximum Gasteiger partial charge on any atom is 0.261 e. The molecule has 0 aromatic rings. The summed E-state index contributed by atoms with van der Waals surface area (Å²) < 4.78 is 25.9. The van der Waals surface area contributed by atoms with Crippen molar-refractivity contribution in [3.8, 4) is 0 Å². The molecule has 0 bridgehead atoms. The van der Waals surface area contributed by atoms with Crippen LogP contribution in [0.3, 0.4) is 0 Å². The first kappa shape index (κ1) is 13.9. The second-order valence-corrected chi connectivity index (χ2v) is 5.35. The minimum absolute atomic E-state index is 0.715. The Morgan fingerprint density at radius 2 is 1.71 bits per heavy atom. The molecule has 0 aromatic heterocycles. The monoisotopic (exact) mass is 223 g/mol. The molecule has 5 heteroatoms. The van der Waals surface area contributed by atoms with Gasteiger partial charge < -0.3 is 4.90 Å².